The zero-order valence-corrected chi connectivity index (χ0v) is 36.3. The Morgan fingerprint density at radius 1 is 0.766 bits per heavy atom. The normalized spacial score (nSPS) is 22.2. The SMILES string of the molecule is NC(=O)c1c(-c2ccc(Oc3ccccc3)cc2)nn2c1NCC[C@H]2C1CCN(C(=O)N2CCC(CC3CCN(c4ccc5c(c4)CN(C4CCC(=O)NC4=O)C5=O)CC3)CC2)CC1. The summed E-state index contributed by atoms with van der Waals surface area (Å²) in [7, 11) is 0. The fraction of sp³-hybridized carbons (Fsp3) is 0.469. The number of nitrogens with one attached hydrogen (secondary N) is 2. The molecule has 6 aliphatic rings. The van der Waals surface area contributed by atoms with Crippen LogP contribution in [0.2, 0.25) is 0 Å². The number of likely N-dealkylation sites (tertiary alicyclic amines) is 2. The summed E-state index contributed by atoms with van der Waals surface area (Å²) < 4.78 is 7.97. The van der Waals surface area contributed by atoms with Crippen LogP contribution in [0.15, 0.2) is 72.8 Å². The van der Waals surface area contributed by atoms with Gasteiger partial charge in [0.1, 0.15) is 34.6 Å². The summed E-state index contributed by atoms with van der Waals surface area (Å²) >= 11 is 0. The molecule has 0 radical (unpaired) electrons. The van der Waals surface area contributed by atoms with Gasteiger partial charge in [0.15, 0.2) is 0 Å². The number of primary amides is 1. The predicted molar refractivity (Wildman–Crippen MR) is 241 cm³/mol. The average molecular weight is 868 g/mol. The fourth-order valence-electron chi connectivity index (χ4n) is 11.2. The van der Waals surface area contributed by atoms with Gasteiger partial charge >= 0.3 is 6.03 Å². The van der Waals surface area contributed by atoms with Crippen LogP contribution < -0.4 is 26.0 Å². The van der Waals surface area contributed by atoms with Crippen molar-refractivity contribution in [3.63, 3.8) is 0 Å². The topological polar surface area (TPSA) is 175 Å². The molecule has 1 unspecified atom stereocenters. The number of anilines is 2. The number of aromatic nitrogens is 2. The summed E-state index contributed by atoms with van der Waals surface area (Å²) in [6, 6.07) is 22.9. The minimum absolute atomic E-state index is 0.0977. The monoisotopic (exact) mass is 867 g/mol. The number of imide groups is 1. The zero-order valence-electron chi connectivity index (χ0n) is 36.3. The molecule has 0 spiro atoms. The van der Waals surface area contributed by atoms with E-state index < -0.39 is 11.9 Å². The zero-order chi connectivity index (χ0) is 43.9. The van der Waals surface area contributed by atoms with Crippen LogP contribution >= 0.6 is 0 Å². The molecule has 1 aromatic heterocycles. The number of piperidine rings is 4. The number of nitrogens with two attached hydrogens (primary N) is 1. The Morgan fingerprint density at radius 2 is 1.44 bits per heavy atom. The van der Waals surface area contributed by atoms with Gasteiger partial charge in [-0.05, 0) is 136 Å². The van der Waals surface area contributed by atoms with Crippen molar-refractivity contribution < 1.29 is 28.7 Å². The predicted octanol–water partition coefficient (Wildman–Crippen LogP) is 6.41. The van der Waals surface area contributed by atoms with E-state index in [0.29, 0.717) is 72.2 Å². The van der Waals surface area contributed by atoms with Crippen molar-refractivity contribution in [3.8, 4) is 22.8 Å². The van der Waals surface area contributed by atoms with Crippen molar-refractivity contribution in [2.75, 3.05) is 56.0 Å². The fourth-order valence-corrected chi connectivity index (χ4v) is 11.2. The van der Waals surface area contributed by atoms with Gasteiger partial charge in [-0.2, -0.15) is 5.10 Å². The lowest BCUT2D eigenvalue weighted by molar-refractivity contribution is -0.136. The van der Waals surface area contributed by atoms with Crippen LogP contribution in [0, 0.1) is 17.8 Å². The summed E-state index contributed by atoms with van der Waals surface area (Å²) in [5, 5.41) is 10.8. The summed E-state index contributed by atoms with van der Waals surface area (Å²) in [6.45, 7) is 6.06. The Balaban J connectivity index is 0.685. The van der Waals surface area contributed by atoms with E-state index >= 15 is 0 Å². The van der Waals surface area contributed by atoms with E-state index in [1.54, 1.807) is 4.90 Å². The third-order valence-corrected chi connectivity index (χ3v) is 14.7. The first-order valence-electron chi connectivity index (χ1n) is 23.2. The summed E-state index contributed by atoms with van der Waals surface area (Å²) in [4.78, 5) is 72.2. The largest absolute Gasteiger partial charge is 0.457 e. The van der Waals surface area contributed by atoms with Gasteiger partial charge in [0.05, 0.1) is 6.04 Å². The van der Waals surface area contributed by atoms with Gasteiger partial charge in [-0.1, -0.05) is 18.2 Å². The maximum atomic E-state index is 13.8. The second kappa shape index (κ2) is 17.6. The molecule has 0 aliphatic carbocycles. The first-order valence-corrected chi connectivity index (χ1v) is 23.2. The number of para-hydroxylation sites is 1. The molecule has 2 atom stereocenters. The van der Waals surface area contributed by atoms with E-state index in [1.165, 1.54) is 6.42 Å². The average Bonchev–Trinajstić information content (AvgIpc) is 3.88. The highest BCUT2D eigenvalue weighted by Crippen LogP contribution is 2.41. The number of nitrogens with zero attached hydrogens (tertiary/aromatic N) is 6. The second-order valence-electron chi connectivity index (χ2n) is 18.5. The van der Waals surface area contributed by atoms with E-state index in [2.05, 4.69) is 26.5 Å². The Hall–Kier alpha value is -6.38. The third-order valence-electron chi connectivity index (χ3n) is 14.7. The third kappa shape index (κ3) is 8.27. The Morgan fingerprint density at radius 3 is 2.12 bits per heavy atom. The molecule has 15 nitrogen and oxygen atoms in total. The highest BCUT2D eigenvalue weighted by molar-refractivity contribution is 6.06. The number of rotatable bonds is 9. The van der Waals surface area contributed by atoms with E-state index in [9.17, 15) is 24.0 Å². The van der Waals surface area contributed by atoms with Gasteiger partial charge in [0.2, 0.25) is 11.8 Å². The molecule has 6 aliphatic heterocycles. The standard InChI is InChI=1S/C49H57N9O6/c50-45(60)43-44(34-6-9-38(10-7-34)64-37-4-2-1-3-5-37)53-58-40(14-21-51-46(43)58)33-19-26-56(27-20-33)49(63)55-24-17-32(18-25-55)28-31-15-22-54(23-16-31)36-8-11-39-35(29-36)30-57(48(39)62)41-12-13-42(59)52-47(41)61/h1-11,29,31-33,40-41,51H,12-28,30H2,(H2,50,60)(H,52,59,61)/t40-,41?/m0/s1. The molecule has 4 saturated heterocycles. The van der Waals surface area contributed by atoms with E-state index in [1.807, 2.05) is 76.3 Å². The van der Waals surface area contributed by atoms with Gasteiger partial charge in [0, 0.05) is 75.6 Å². The van der Waals surface area contributed by atoms with Gasteiger partial charge in [0.25, 0.3) is 11.8 Å². The number of carbonyl (C=O) groups is 5. The van der Waals surface area contributed by atoms with E-state index in [-0.39, 0.29) is 36.2 Å². The molecule has 7 heterocycles. The van der Waals surface area contributed by atoms with Crippen molar-refractivity contribution in [1.82, 2.24) is 29.8 Å². The Labute approximate surface area is 373 Å². The van der Waals surface area contributed by atoms with Crippen LogP contribution in [0.3, 0.4) is 0 Å². The van der Waals surface area contributed by atoms with E-state index in [4.69, 9.17) is 15.6 Å². The molecular formula is C49H57N9O6. The summed E-state index contributed by atoms with van der Waals surface area (Å²) in [5.41, 5.74) is 10.5. The molecule has 3 aromatic carbocycles. The molecule has 334 valence electrons. The van der Waals surface area contributed by atoms with Gasteiger partial charge in [-0.3, -0.25) is 24.5 Å². The lowest BCUT2D eigenvalue weighted by Crippen LogP contribution is -2.52. The molecular weight excluding hydrogens is 811 g/mol. The maximum absolute atomic E-state index is 13.8. The lowest BCUT2D eigenvalue weighted by Gasteiger charge is -2.42. The smallest absolute Gasteiger partial charge is 0.319 e. The van der Waals surface area contributed by atoms with Crippen LogP contribution in [-0.4, -0.2) is 106 Å². The Kier molecular flexibility index (Phi) is 11.5. The molecule has 4 N–H and O–H groups in total. The van der Waals surface area contributed by atoms with Crippen LogP contribution in [0.25, 0.3) is 11.3 Å². The summed E-state index contributed by atoms with van der Waals surface area (Å²) in [6.07, 6.45) is 8.75. The number of hydrogen-bond acceptors (Lipinski definition) is 9. The Bertz CT molecular complexity index is 2410. The number of benzene rings is 3. The second-order valence-corrected chi connectivity index (χ2v) is 18.5. The van der Waals surface area contributed by atoms with Crippen molar-refractivity contribution in [2.24, 2.45) is 23.5 Å². The van der Waals surface area contributed by atoms with Crippen LogP contribution in [-0.2, 0) is 16.1 Å². The number of amides is 6. The van der Waals surface area contributed by atoms with Gasteiger partial charge in [-0.15, -0.1) is 0 Å². The highest BCUT2D eigenvalue weighted by atomic mass is 16.5. The summed E-state index contributed by atoms with van der Waals surface area (Å²) in [5.74, 6) is 2.38. The quantitative estimate of drug-likeness (QED) is 0.161. The lowest BCUT2D eigenvalue weighted by atomic mass is 9.82. The number of fused-ring (bicyclic) bond motifs is 2. The maximum Gasteiger partial charge on any atom is 0.319 e. The van der Waals surface area contributed by atoms with Crippen LogP contribution in [0.1, 0.15) is 96.5 Å². The molecule has 0 bridgehead atoms. The minimum atomic E-state index is -0.605. The first kappa shape index (κ1) is 41.6. The number of hydrogen-bond donors (Lipinski definition) is 3. The molecule has 0 saturated carbocycles. The molecule has 15 heteroatoms. The van der Waals surface area contributed by atoms with Crippen molar-refractivity contribution in [3.05, 3.63) is 89.5 Å². The van der Waals surface area contributed by atoms with Crippen LogP contribution in [0.5, 0.6) is 11.5 Å². The van der Waals surface area contributed by atoms with Gasteiger partial charge < -0.3 is 35.4 Å². The first-order chi connectivity index (χ1) is 31.2. The number of ether oxygens (including phenoxy) is 1. The number of urea groups is 1. The molecule has 4 aromatic rings. The van der Waals surface area contributed by atoms with E-state index in [0.717, 1.165) is 100 Å². The minimum Gasteiger partial charge on any atom is -0.457 e. The number of carbonyl (C=O) groups excluding carboxylic acids is 5. The molecule has 4 fully saturated rings. The van der Waals surface area contributed by atoms with Crippen LogP contribution in [0.4, 0.5) is 16.3 Å². The van der Waals surface area contributed by atoms with Gasteiger partial charge in [-0.25, -0.2) is 9.48 Å². The highest BCUT2D eigenvalue weighted by Gasteiger charge is 2.40. The van der Waals surface area contributed by atoms with Crippen molar-refractivity contribution >= 4 is 41.2 Å². The molecule has 6 amide bonds. The van der Waals surface area contributed by atoms with Crippen molar-refractivity contribution in [2.45, 2.75) is 82.8 Å². The molecule has 10 rings (SSSR count). The molecule has 64 heavy (non-hydrogen) atoms. The van der Waals surface area contributed by atoms with Crippen molar-refractivity contribution in [1.29, 1.82) is 0 Å².